The molecule has 0 saturated heterocycles. The number of carbonyl (C=O) groups excluding carboxylic acids is 1. The molecule has 0 aliphatic rings. The van der Waals surface area contributed by atoms with E-state index in [1.165, 1.54) is 6.20 Å². The van der Waals surface area contributed by atoms with Gasteiger partial charge in [-0.2, -0.15) is 4.98 Å². The Bertz CT molecular complexity index is 707. The number of benzene rings is 1. The lowest BCUT2D eigenvalue weighted by Crippen LogP contribution is -2.34. The first kappa shape index (κ1) is 17.6. The molecular formula is C16H22N6O2. The molecule has 1 atom stereocenters. The van der Waals surface area contributed by atoms with E-state index in [2.05, 4.69) is 20.6 Å². The van der Waals surface area contributed by atoms with Crippen molar-refractivity contribution in [2.75, 3.05) is 30.9 Å². The van der Waals surface area contributed by atoms with Gasteiger partial charge in [0.15, 0.2) is 0 Å². The van der Waals surface area contributed by atoms with E-state index in [0.29, 0.717) is 24.9 Å². The molecule has 0 radical (unpaired) electrons. The van der Waals surface area contributed by atoms with Gasteiger partial charge < -0.3 is 26.8 Å². The zero-order valence-corrected chi connectivity index (χ0v) is 13.7. The van der Waals surface area contributed by atoms with Crippen LogP contribution in [0.25, 0.3) is 0 Å². The molecular weight excluding hydrogens is 308 g/mol. The summed E-state index contributed by atoms with van der Waals surface area (Å²) >= 11 is 0. The highest BCUT2D eigenvalue weighted by molar-refractivity contribution is 5.98. The second-order valence-electron chi connectivity index (χ2n) is 5.35. The number of aromatic nitrogens is 2. The first-order chi connectivity index (χ1) is 11.5. The molecule has 0 aliphatic carbocycles. The average Bonchev–Trinajstić information content (AvgIpc) is 2.54. The van der Waals surface area contributed by atoms with Gasteiger partial charge >= 0.3 is 0 Å². The van der Waals surface area contributed by atoms with Crippen molar-refractivity contribution in [3.63, 3.8) is 0 Å². The maximum absolute atomic E-state index is 11.6. The number of rotatable bonds is 8. The minimum Gasteiger partial charge on any atom is -0.383 e. The first-order valence-corrected chi connectivity index (χ1v) is 7.49. The van der Waals surface area contributed by atoms with E-state index in [1.807, 2.05) is 31.2 Å². The third-order valence-corrected chi connectivity index (χ3v) is 3.32. The molecule has 0 aliphatic heterocycles. The van der Waals surface area contributed by atoms with Crippen LogP contribution in [0.15, 0.2) is 30.5 Å². The largest absolute Gasteiger partial charge is 0.383 e. The molecule has 1 heterocycles. The molecule has 2 rings (SSSR count). The molecule has 0 bridgehead atoms. The van der Waals surface area contributed by atoms with Crippen molar-refractivity contribution in [2.45, 2.75) is 13.0 Å². The van der Waals surface area contributed by atoms with Crippen LogP contribution in [0.5, 0.6) is 0 Å². The Morgan fingerprint density at radius 2 is 2.21 bits per heavy atom. The third-order valence-electron chi connectivity index (χ3n) is 3.32. The monoisotopic (exact) mass is 330 g/mol. The fraction of sp³-hybridized carbons (Fsp3) is 0.312. The number of carbonyl (C=O) groups is 1. The standard InChI is InChI=1S/C16H22N6O2/c1-10-4-3-5-11(6-10)20-15-13(14(18)23)8-19-16(22-15)21-12(7-17)9-24-2/h3-6,8,12H,7,9,17H2,1-2H3,(H2,18,23)(H2,19,20,21,22)/t12-/m0/s1. The van der Waals surface area contributed by atoms with Crippen LogP contribution in [0.3, 0.4) is 0 Å². The molecule has 0 fully saturated rings. The second-order valence-corrected chi connectivity index (χ2v) is 5.35. The highest BCUT2D eigenvalue weighted by Crippen LogP contribution is 2.20. The molecule has 24 heavy (non-hydrogen) atoms. The van der Waals surface area contributed by atoms with Crippen LogP contribution in [-0.2, 0) is 4.74 Å². The minimum absolute atomic E-state index is 0.138. The summed E-state index contributed by atoms with van der Waals surface area (Å²) in [5.74, 6) is 0.0606. The molecule has 6 N–H and O–H groups in total. The van der Waals surface area contributed by atoms with E-state index in [0.717, 1.165) is 11.3 Å². The van der Waals surface area contributed by atoms with E-state index in [9.17, 15) is 4.79 Å². The number of hydrogen-bond donors (Lipinski definition) is 4. The first-order valence-electron chi connectivity index (χ1n) is 7.49. The van der Waals surface area contributed by atoms with Crippen LogP contribution in [0, 0.1) is 6.92 Å². The van der Waals surface area contributed by atoms with Gasteiger partial charge in [-0.1, -0.05) is 12.1 Å². The van der Waals surface area contributed by atoms with Crippen LogP contribution < -0.4 is 22.1 Å². The van der Waals surface area contributed by atoms with Gasteiger partial charge in [-0.15, -0.1) is 0 Å². The molecule has 0 spiro atoms. The van der Waals surface area contributed by atoms with Crippen LogP contribution in [0.2, 0.25) is 0 Å². The number of nitrogens with zero attached hydrogens (tertiary/aromatic N) is 2. The van der Waals surface area contributed by atoms with Gasteiger partial charge in [-0.25, -0.2) is 4.98 Å². The number of nitrogens with two attached hydrogens (primary N) is 2. The number of anilines is 3. The lowest BCUT2D eigenvalue weighted by molar-refractivity contribution is 0.100. The SMILES string of the molecule is COC[C@H](CN)Nc1ncc(C(N)=O)c(Nc2cccc(C)c2)n1. The fourth-order valence-corrected chi connectivity index (χ4v) is 2.14. The summed E-state index contributed by atoms with van der Waals surface area (Å²) in [5.41, 5.74) is 13.2. The molecule has 128 valence electrons. The van der Waals surface area contributed by atoms with E-state index in [-0.39, 0.29) is 11.6 Å². The Morgan fingerprint density at radius 3 is 2.83 bits per heavy atom. The lowest BCUT2D eigenvalue weighted by atomic mass is 10.2. The lowest BCUT2D eigenvalue weighted by Gasteiger charge is -2.17. The van der Waals surface area contributed by atoms with Gasteiger partial charge in [0.05, 0.1) is 12.6 Å². The van der Waals surface area contributed by atoms with Crippen LogP contribution in [0.4, 0.5) is 17.5 Å². The quantitative estimate of drug-likeness (QED) is 0.568. The van der Waals surface area contributed by atoms with Gasteiger partial charge in [-0.05, 0) is 24.6 Å². The van der Waals surface area contributed by atoms with Crippen molar-refractivity contribution >= 4 is 23.4 Å². The van der Waals surface area contributed by atoms with Crippen molar-refractivity contribution < 1.29 is 9.53 Å². The number of primary amides is 1. The summed E-state index contributed by atoms with van der Waals surface area (Å²) < 4.78 is 5.08. The summed E-state index contributed by atoms with van der Waals surface area (Å²) in [6.45, 7) is 2.75. The van der Waals surface area contributed by atoms with Crippen molar-refractivity contribution in [3.8, 4) is 0 Å². The Labute approximate surface area is 140 Å². The van der Waals surface area contributed by atoms with Gasteiger partial charge in [-0.3, -0.25) is 4.79 Å². The average molecular weight is 330 g/mol. The Balaban J connectivity index is 2.29. The predicted molar refractivity (Wildman–Crippen MR) is 93.4 cm³/mol. The van der Waals surface area contributed by atoms with E-state index < -0.39 is 5.91 Å². The van der Waals surface area contributed by atoms with Crippen LogP contribution >= 0.6 is 0 Å². The Kier molecular flexibility index (Phi) is 6.05. The second kappa shape index (κ2) is 8.23. The molecule has 8 heteroatoms. The summed E-state index contributed by atoms with van der Waals surface area (Å²) in [7, 11) is 1.59. The summed E-state index contributed by atoms with van der Waals surface area (Å²) in [6, 6.07) is 7.56. The molecule has 8 nitrogen and oxygen atoms in total. The normalized spacial score (nSPS) is 11.8. The van der Waals surface area contributed by atoms with Crippen molar-refractivity contribution in [3.05, 3.63) is 41.6 Å². The molecule has 0 saturated carbocycles. The number of hydrogen-bond acceptors (Lipinski definition) is 7. The predicted octanol–water partition coefficient (Wildman–Crippen LogP) is 1.01. The zero-order valence-electron chi connectivity index (χ0n) is 13.7. The van der Waals surface area contributed by atoms with Gasteiger partial charge in [0.25, 0.3) is 5.91 Å². The van der Waals surface area contributed by atoms with E-state index in [1.54, 1.807) is 7.11 Å². The number of amides is 1. The number of methoxy groups -OCH3 is 1. The zero-order chi connectivity index (χ0) is 17.5. The molecule has 1 aromatic heterocycles. The minimum atomic E-state index is -0.607. The summed E-state index contributed by atoms with van der Waals surface area (Å²) in [4.78, 5) is 20.1. The van der Waals surface area contributed by atoms with Crippen molar-refractivity contribution in [1.29, 1.82) is 0 Å². The molecule has 0 unspecified atom stereocenters. The molecule has 2 aromatic rings. The summed E-state index contributed by atoms with van der Waals surface area (Å²) in [6.07, 6.45) is 1.39. The van der Waals surface area contributed by atoms with Crippen LogP contribution in [-0.4, -0.2) is 42.2 Å². The molecule has 1 aromatic carbocycles. The van der Waals surface area contributed by atoms with Gasteiger partial charge in [0.2, 0.25) is 5.95 Å². The number of ether oxygens (including phenoxy) is 1. The highest BCUT2D eigenvalue weighted by Gasteiger charge is 2.14. The van der Waals surface area contributed by atoms with Gasteiger partial charge in [0, 0.05) is 25.5 Å². The third kappa shape index (κ3) is 4.64. The highest BCUT2D eigenvalue weighted by atomic mass is 16.5. The smallest absolute Gasteiger partial charge is 0.254 e. The topological polar surface area (TPSA) is 128 Å². The maximum Gasteiger partial charge on any atom is 0.254 e. The van der Waals surface area contributed by atoms with Crippen LogP contribution in [0.1, 0.15) is 15.9 Å². The van der Waals surface area contributed by atoms with E-state index in [4.69, 9.17) is 16.2 Å². The maximum atomic E-state index is 11.6. The number of nitrogens with one attached hydrogen (secondary N) is 2. The number of aryl methyl sites for hydroxylation is 1. The van der Waals surface area contributed by atoms with Crippen molar-refractivity contribution in [2.24, 2.45) is 11.5 Å². The van der Waals surface area contributed by atoms with Crippen molar-refractivity contribution in [1.82, 2.24) is 9.97 Å². The van der Waals surface area contributed by atoms with E-state index >= 15 is 0 Å². The fourth-order valence-electron chi connectivity index (χ4n) is 2.14. The molecule has 1 amide bonds. The summed E-state index contributed by atoms with van der Waals surface area (Å²) in [5, 5.41) is 6.17. The van der Waals surface area contributed by atoms with Gasteiger partial charge in [0.1, 0.15) is 11.4 Å². The Hall–Kier alpha value is -2.71. The Morgan fingerprint density at radius 1 is 1.42 bits per heavy atom.